The summed E-state index contributed by atoms with van der Waals surface area (Å²) >= 11 is 3.53. The maximum atomic E-state index is 8.77. The van der Waals surface area contributed by atoms with Gasteiger partial charge in [-0.1, -0.05) is 28.9 Å². The van der Waals surface area contributed by atoms with E-state index in [1.165, 1.54) is 17.3 Å². The second kappa shape index (κ2) is 4.27. The van der Waals surface area contributed by atoms with Crippen molar-refractivity contribution in [3.05, 3.63) is 10.6 Å². The number of halogens is 1. The van der Waals surface area contributed by atoms with E-state index in [4.69, 9.17) is 5.11 Å². The summed E-state index contributed by atoms with van der Waals surface area (Å²) in [6.07, 6.45) is 5.55. The Morgan fingerprint density at radius 1 is 1.73 bits per heavy atom. The number of hydrogen-bond acceptors (Lipinski definition) is 1. The van der Waals surface area contributed by atoms with Crippen molar-refractivity contribution in [2.24, 2.45) is 11.8 Å². The van der Waals surface area contributed by atoms with Gasteiger partial charge in [0.05, 0.1) is 0 Å². The molecule has 0 heterocycles. The first-order chi connectivity index (χ1) is 5.24. The quantitative estimate of drug-likeness (QED) is 0.756. The molecule has 1 nitrogen and oxygen atoms in total. The molecule has 0 aromatic carbocycles. The summed E-state index contributed by atoms with van der Waals surface area (Å²) in [5.74, 6) is 1.36. The average molecular weight is 219 g/mol. The van der Waals surface area contributed by atoms with Gasteiger partial charge < -0.3 is 5.11 Å². The second-order valence-corrected chi connectivity index (χ2v) is 4.29. The van der Waals surface area contributed by atoms with E-state index in [2.05, 4.69) is 28.9 Å². The fourth-order valence-corrected chi connectivity index (χ4v) is 2.19. The Morgan fingerprint density at radius 2 is 2.45 bits per heavy atom. The van der Waals surface area contributed by atoms with Crippen LogP contribution in [0, 0.1) is 11.8 Å². The Bertz CT molecular complexity index is 154. The van der Waals surface area contributed by atoms with Crippen molar-refractivity contribution in [1.82, 2.24) is 0 Å². The van der Waals surface area contributed by atoms with Gasteiger partial charge >= 0.3 is 0 Å². The lowest BCUT2D eigenvalue weighted by molar-refractivity contribution is 0.254. The summed E-state index contributed by atoms with van der Waals surface area (Å²) in [5.41, 5.74) is 0. The van der Waals surface area contributed by atoms with E-state index in [1.54, 1.807) is 0 Å². The lowest BCUT2D eigenvalue weighted by Crippen LogP contribution is -2.12. The summed E-state index contributed by atoms with van der Waals surface area (Å²) in [6.45, 7) is 2.57. The van der Waals surface area contributed by atoms with E-state index < -0.39 is 0 Å². The van der Waals surface area contributed by atoms with Gasteiger partial charge in [-0.25, -0.2) is 0 Å². The van der Waals surface area contributed by atoms with Crippen LogP contribution in [-0.2, 0) is 0 Å². The van der Waals surface area contributed by atoms with Gasteiger partial charge in [-0.15, -0.1) is 0 Å². The predicted molar refractivity (Wildman–Crippen MR) is 50.6 cm³/mol. The Hall–Kier alpha value is 0.180. The normalized spacial score (nSPS) is 31.7. The zero-order chi connectivity index (χ0) is 8.27. The third kappa shape index (κ3) is 2.60. The topological polar surface area (TPSA) is 20.2 Å². The molecule has 0 spiro atoms. The van der Waals surface area contributed by atoms with Crippen LogP contribution in [0.3, 0.4) is 0 Å². The first kappa shape index (κ1) is 9.27. The number of aliphatic hydroxyl groups excluding tert-OH is 1. The molecule has 64 valence electrons. The minimum atomic E-state index is 0.306. The van der Waals surface area contributed by atoms with Gasteiger partial charge in [0.2, 0.25) is 0 Å². The molecule has 0 saturated heterocycles. The van der Waals surface area contributed by atoms with Crippen LogP contribution in [0.1, 0.15) is 26.2 Å². The smallest absolute Gasteiger partial charge is 0.0437 e. The van der Waals surface area contributed by atoms with Gasteiger partial charge in [-0.3, -0.25) is 0 Å². The molecule has 0 bridgehead atoms. The Balaban J connectivity index is 2.49. The molecule has 0 aromatic rings. The van der Waals surface area contributed by atoms with Crippen molar-refractivity contribution >= 4 is 15.9 Å². The lowest BCUT2D eigenvalue weighted by atomic mass is 9.86. The molecule has 0 unspecified atom stereocenters. The van der Waals surface area contributed by atoms with Gasteiger partial charge in [0.25, 0.3) is 0 Å². The van der Waals surface area contributed by atoms with Crippen LogP contribution in [0.25, 0.3) is 0 Å². The third-order valence-electron chi connectivity index (χ3n) is 2.27. The van der Waals surface area contributed by atoms with Crippen LogP contribution in [0.15, 0.2) is 10.6 Å². The standard InChI is InChI=1S/C9H15BrO/c1-7-2-3-9(10)8(6-7)4-5-11/h3,7-8,11H,2,4-6H2,1H3/t7-,8+/m0/s1. The molecule has 2 atom stereocenters. The van der Waals surface area contributed by atoms with Crippen molar-refractivity contribution in [2.45, 2.75) is 26.2 Å². The van der Waals surface area contributed by atoms with E-state index >= 15 is 0 Å². The van der Waals surface area contributed by atoms with Crippen LogP contribution >= 0.6 is 15.9 Å². The fraction of sp³-hybridized carbons (Fsp3) is 0.778. The highest BCUT2D eigenvalue weighted by Crippen LogP contribution is 2.34. The number of aliphatic hydroxyl groups is 1. The predicted octanol–water partition coefficient (Wildman–Crippen LogP) is 2.69. The lowest BCUT2D eigenvalue weighted by Gasteiger charge is -2.24. The molecular weight excluding hydrogens is 204 g/mol. The van der Waals surface area contributed by atoms with Gasteiger partial charge in [0, 0.05) is 6.61 Å². The molecule has 1 aliphatic carbocycles. The fourth-order valence-electron chi connectivity index (χ4n) is 1.59. The highest BCUT2D eigenvalue weighted by Gasteiger charge is 2.19. The minimum absolute atomic E-state index is 0.306. The van der Waals surface area contributed by atoms with Crippen molar-refractivity contribution in [2.75, 3.05) is 6.61 Å². The van der Waals surface area contributed by atoms with E-state index in [0.717, 1.165) is 12.3 Å². The largest absolute Gasteiger partial charge is 0.396 e. The van der Waals surface area contributed by atoms with Crippen LogP contribution in [-0.4, -0.2) is 11.7 Å². The third-order valence-corrected chi connectivity index (χ3v) is 3.24. The van der Waals surface area contributed by atoms with Crippen molar-refractivity contribution in [3.8, 4) is 0 Å². The van der Waals surface area contributed by atoms with E-state index in [1.807, 2.05) is 0 Å². The van der Waals surface area contributed by atoms with Gasteiger partial charge in [0.15, 0.2) is 0 Å². The zero-order valence-corrected chi connectivity index (χ0v) is 8.47. The molecule has 0 radical (unpaired) electrons. The van der Waals surface area contributed by atoms with E-state index in [9.17, 15) is 0 Å². The highest BCUT2D eigenvalue weighted by atomic mass is 79.9. The van der Waals surface area contributed by atoms with Crippen molar-refractivity contribution in [1.29, 1.82) is 0 Å². The van der Waals surface area contributed by atoms with Crippen molar-refractivity contribution < 1.29 is 5.11 Å². The van der Waals surface area contributed by atoms with Gasteiger partial charge in [0.1, 0.15) is 0 Å². The first-order valence-corrected chi connectivity index (χ1v) is 4.99. The van der Waals surface area contributed by atoms with Crippen LogP contribution in [0.2, 0.25) is 0 Å². The average Bonchev–Trinajstić information content (AvgIpc) is 1.98. The van der Waals surface area contributed by atoms with Gasteiger partial charge in [-0.05, 0) is 35.6 Å². The molecule has 11 heavy (non-hydrogen) atoms. The SMILES string of the molecule is C[C@H]1CC=C(Br)[C@H](CCO)C1. The molecule has 1 rings (SSSR count). The zero-order valence-electron chi connectivity index (χ0n) is 6.89. The summed E-state index contributed by atoms with van der Waals surface area (Å²) in [6, 6.07) is 0. The number of rotatable bonds is 2. The molecule has 0 amide bonds. The van der Waals surface area contributed by atoms with Crippen molar-refractivity contribution in [3.63, 3.8) is 0 Å². The molecule has 1 aliphatic rings. The van der Waals surface area contributed by atoms with Crippen LogP contribution in [0.5, 0.6) is 0 Å². The molecule has 0 aromatic heterocycles. The van der Waals surface area contributed by atoms with E-state index in [-0.39, 0.29) is 0 Å². The summed E-state index contributed by atoms with van der Waals surface area (Å²) in [7, 11) is 0. The summed E-state index contributed by atoms with van der Waals surface area (Å²) < 4.78 is 1.30. The van der Waals surface area contributed by atoms with Crippen LogP contribution in [0.4, 0.5) is 0 Å². The highest BCUT2D eigenvalue weighted by molar-refractivity contribution is 9.11. The van der Waals surface area contributed by atoms with Gasteiger partial charge in [-0.2, -0.15) is 0 Å². The molecule has 2 heteroatoms. The maximum absolute atomic E-state index is 8.77. The molecular formula is C9H15BrO. The van der Waals surface area contributed by atoms with Crippen LogP contribution < -0.4 is 0 Å². The minimum Gasteiger partial charge on any atom is -0.396 e. The monoisotopic (exact) mass is 218 g/mol. The molecule has 1 N–H and O–H groups in total. The summed E-state index contributed by atoms with van der Waals surface area (Å²) in [4.78, 5) is 0. The Labute approximate surface area is 76.6 Å². The molecule has 0 saturated carbocycles. The second-order valence-electron chi connectivity index (χ2n) is 3.37. The first-order valence-electron chi connectivity index (χ1n) is 4.20. The number of allylic oxidation sites excluding steroid dienone is 2. The Kier molecular flexibility index (Phi) is 3.60. The molecule has 0 fully saturated rings. The molecule has 0 aliphatic heterocycles. The Morgan fingerprint density at radius 3 is 3.09 bits per heavy atom. The van der Waals surface area contributed by atoms with E-state index in [0.29, 0.717) is 12.5 Å². The number of hydrogen-bond donors (Lipinski definition) is 1. The maximum Gasteiger partial charge on any atom is 0.0437 e. The summed E-state index contributed by atoms with van der Waals surface area (Å²) in [5, 5.41) is 8.77.